The molecule has 2 rings (SSSR count). The van der Waals surface area contributed by atoms with E-state index in [-0.39, 0.29) is 11.8 Å². The van der Waals surface area contributed by atoms with Gasteiger partial charge in [-0.15, -0.1) is 0 Å². The van der Waals surface area contributed by atoms with Crippen LogP contribution >= 0.6 is 0 Å². The van der Waals surface area contributed by atoms with Crippen molar-refractivity contribution in [2.24, 2.45) is 0 Å². The molecule has 0 fully saturated rings. The lowest BCUT2D eigenvalue weighted by Gasteiger charge is -2.19. The van der Waals surface area contributed by atoms with Crippen LogP contribution < -0.4 is 10.1 Å². The molecule has 0 heterocycles. The number of hydrogen-bond donors (Lipinski definition) is 1. The van der Waals surface area contributed by atoms with E-state index in [0.29, 0.717) is 13.0 Å². The number of ether oxygens (including phenoxy) is 1. The van der Waals surface area contributed by atoms with Crippen LogP contribution in [0.3, 0.4) is 0 Å². The van der Waals surface area contributed by atoms with E-state index in [1.807, 2.05) is 50.2 Å². The minimum atomic E-state index is -0.463. The molecule has 0 aromatic heterocycles. The van der Waals surface area contributed by atoms with E-state index in [0.717, 1.165) is 5.75 Å². The third-order valence-electron chi connectivity index (χ3n) is 4.37. The standard InChI is InChI=1S/C21H27NO2/c1-5-20(24-19-12-11-15(2)16(3)13-19)21(23)22-14-17(4)18-9-7-6-8-10-18/h6-13,17,20H,5,14H2,1-4H3,(H,22,23)/t17-,20-/m0/s1. The van der Waals surface area contributed by atoms with E-state index < -0.39 is 6.10 Å². The monoisotopic (exact) mass is 325 g/mol. The fraction of sp³-hybridized carbons (Fsp3) is 0.381. The van der Waals surface area contributed by atoms with Crippen LogP contribution in [0.4, 0.5) is 0 Å². The number of hydrogen-bond acceptors (Lipinski definition) is 2. The Morgan fingerprint density at radius 3 is 2.42 bits per heavy atom. The molecule has 0 saturated carbocycles. The molecule has 0 unspecified atom stereocenters. The van der Waals surface area contributed by atoms with Gasteiger partial charge in [0, 0.05) is 6.54 Å². The minimum Gasteiger partial charge on any atom is -0.481 e. The summed E-state index contributed by atoms with van der Waals surface area (Å²) >= 11 is 0. The molecule has 2 aromatic carbocycles. The first-order valence-corrected chi connectivity index (χ1v) is 8.57. The van der Waals surface area contributed by atoms with E-state index in [2.05, 4.69) is 31.3 Å². The third kappa shape index (κ3) is 4.85. The van der Waals surface area contributed by atoms with E-state index in [1.165, 1.54) is 16.7 Å². The normalized spacial score (nSPS) is 13.2. The van der Waals surface area contributed by atoms with Crippen molar-refractivity contribution in [3.05, 3.63) is 65.2 Å². The van der Waals surface area contributed by atoms with Crippen LogP contribution in [0.25, 0.3) is 0 Å². The SMILES string of the molecule is CC[C@H](Oc1ccc(C)c(C)c1)C(=O)NC[C@H](C)c1ccccc1. The van der Waals surface area contributed by atoms with Crippen LogP contribution in [0.15, 0.2) is 48.5 Å². The summed E-state index contributed by atoms with van der Waals surface area (Å²) in [6, 6.07) is 16.1. The van der Waals surface area contributed by atoms with E-state index >= 15 is 0 Å². The van der Waals surface area contributed by atoms with E-state index in [9.17, 15) is 4.79 Å². The van der Waals surface area contributed by atoms with Crippen molar-refractivity contribution in [2.45, 2.75) is 46.1 Å². The Morgan fingerprint density at radius 2 is 1.79 bits per heavy atom. The van der Waals surface area contributed by atoms with Crippen molar-refractivity contribution >= 4 is 5.91 Å². The van der Waals surface area contributed by atoms with Crippen molar-refractivity contribution in [3.8, 4) is 5.75 Å². The lowest BCUT2D eigenvalue weighted by Crippen LogP contribution is -2.39. The molecule has 3 heteroatoms. The highest BCUT2D eigenvalue weighted by atomic mass is 16.5. The van der Waals surface area contributed by atoms with E-state index in [1.54, 1.807) is 0 Å². The van der Waals surface area contributed by atoms with Crippen LogP contribution in [0.2, 0.25) is 0 Å². The predicted octanol–water partition coefficient (Wildman–Crippen LogP) is 4.38. The smallest absolute Gasteiger partial charge is 0.261 e. The fourth-order valence-electron chi connectivity index (χ4n) is 2.54. The van der Waals surface area contributed by atoms with Gasteiger partial charge in [0.2, 0.25) is 0 Å². The van der Waals surface area contributed by atoms with Gasteiger partial charge in [-0.05, 0) is 55.0 Å². The lowest BCUT2D eigenvalue weighted by molar-refractivity contribution is -0.128. The zero-order valence-electron chi connectivity index (χ0n) is 15.0. The van der Waals surface area contributed by atoms with Crippen molar-refractivity contribution < 1.29 is 9.53 Å². The van der Waals surface area contributed by atoms with Crippen molar-refractivity contribution in [3.63, 3.8) is 0 Å². The summed E-state index contributed by atoms with van der Waals surface area (Å²) in [7, 11) is 0. The number of carbonyl (C=O) groups is 1. The molecule has 0 aliphatic heterocycles. The van der Waals surface area contributed by atoms with Gasteiger partial charge in [0.15, 0.2) is 6.10 Å². The number of carbonyl (C=O) groups excluding carboxylic acids is 1. The second-order valence-corrected chi connectivity index (χ2v) is 6.32. The summed E-state index contributed by atoms with van der Waals surface area (Å²) in [5, 5.41) is 3.01. The van der Waals surface area contributed by atoms with Gasteiger partial charge >= 0.3 is 0 Å². The van der Waals surface area contributed by atoms with Gasteiger partial charge in [-0.3, -0.25) is 4.79 Å². The van der Waals surface area contributed by atoms with Gasteiger partial charge in [0.25, 0.3) is 5.91 Å². The maximum Gasteiger partial charge on any atom is 0.261 e. The first kappa shape index (κ1) is 18.1. The van der Waals surface area contributed by atoms with Crippen molar-refractivity contribution in [1.82, 2.24) is 5.32 Å². The average molecular weight is 325 g/mol. The molecule has 2 aromatic rings. The van der Waals surface area contributed by atoms with Gasteiger partial charge in [-0.1, -0.05) is 50.2 Å². The van der Waals surface area contributed by atoms with Crippen LogP contribution in [0, 0.1) is 13.8 Å². The lowest BCUT2D eigenvalue weighted by atomic mass is 10.0. The molecule has 0 spiro atoms. The summed E-state index contributed by atoms with van der Waals surface area (Å²) in [6.45, 7) is 8.79. The third-order valence-corrected chi connectivity index (χ3v) is 4.37. The first-order valence-electron chi connectivity index (χ1n) is 8.57. The zero-order valence-corrected chi connectivity index (χ0v) is 15.0. The highest BCUT2D eigenvalue weighted by molar-refractivity contribution is 5.81. The molecule has 128 valence electrons. The maximum atomic E-state index is 12.4. The zero-order chi connectivity index (χ0) is 17.5. The first-order chi connectivity index (χ1) is 11.5. The second-order valence-electron chi connectivity index (χ2n) is 6.32. The highest BCUT2D eigenvalue weighted by Crippen LogP contribution is 2.19. The summed E-state index contributed by atoms with van der Waals surface area (Å²) < 4.78 is 5.89. The fourth-order valence-corrected chi connectivity index (χ4v) is 2.54. The average Bonchev–Trinajstić information content (AvgIpc) is 2.61. The molecule has 1 amide bonds. The predicted molar refractivity (Wildman–Crippen MR) is 98.5 cm³/mol. The van der Waals surface area contributed by atoms with Crippen LogP contribution in [0.1, 0.15) is 42.9 Å². The molecular weight excluding hydrogens is 298 g/mol. The number of aryl methyl sites for hydroxylation is 2. The number of nitrogens with one attached hydrogen (secondary N) is 1. The quantitative estimate of drug-likeness (QED) is 0.820. The van der Waals surface area contributed by atoms with Gasteiger partial charge in [0.1, 0.15) is 5.75 Å². The van der Waals surface area contributed by atoms with Crippen LogP contribution in [-0.4, -0.2) is 18.6 Å². The molecular formula is C21H27NO2. The maximum absolute atomic E-state index is 12.4. The molecule has 0 bridgehead atoms. The van der Waals surface area contributed by atoms with Crippen LogP contribution in [0.5, 0.6) is 5.75 Å². The molecule has 0 saturated heterocycles. The van der Waals surface area contributed by atoms with Gasteiger partial charge < -0.3 is 10.1 Å². The topological polar surface area (TPSA) is 38.3 Å². The summed E-state index contributed by atoms with van der Waals surface area (Å²) in [4.78, 5) is 12.4. The molecule has 2 atom stereocenters. The van der Waals surface area contributed by atoms with Gasteiger partial charge in [-0.25, -0.2) is 0 Å². The second kappa shape index (κ2) is 8.53. The summed E-state index contributed by atoms with van der Waals surface area (Å²) in [5.74, 6) is 0.962. The Labute approximate surface area is 145 Å². The van der Waals surface area contributed by atoms with Crippen molar-refractivity contribution in [2.75, 3.05) is 6.54 Å². The molecule has 0 aliphatic rings. The Morgan fingerprint density at radius 1 is 1.08 bits per heavy atom. The molecule has 24 heavy (non-hydrogen) atoms. The van der Waals surface area contributed by atoms with Crippen LogP contribution in [-0.2, 0) is 4.79 Å². The Hall–Kier alpha value is -2.29. The Balaban J connectivity index is 1.92. The number of benzene rings is 2. The Kier molecular flexibility index (Phi) is 6.42. The largest absolute Gasteiger partial charge is 0.481 e. The molecule has 3 nitrogen and oxygen atoms in total. The Bertz CT molecular complexity index is 667. The minimum absolute atomic E-state index is 0.0569. The summed E-state index contributed by atoms with van der Waals surface area (Å²) in [6.07, 6.45) is 0.174. The molecule has 0 radical (unpaired) electrons. The molecule has 1 N–H and O–H groups in total. The van der Waals surface area contributed by atoms with Crippen molar-refractivity contribution in [1.29, 1.82) is 0 Å². The highest BCUT2D eigenvalue weighted by Gasteiger charge is 2.19. The summed E-state index contributed by atoms with van der Waals surface area (Å²) in [5.41, 5.74) is 3.61. The number of rotatable bonds is 7. The van der Waals surface area contributed by atoms with E-state index in [4.69, 9.17) is 4.74 Å². The van der Waals surface area contributed by atoms with Gasteiger partial charge in [0.05, 0.1) is 0 Å². The van der Waals surface area contributed by atoms with Gasteiger partial charge in [-0.2, -0.15) is 0 Å². The number of amides is 1. The molecule has 0 aliphatic carbocycles.